The topological polar surface area (TPSA) is 92.3 Å². The zero-order chi connectivity index (χ0) is 22.5. The Morgan fingerprint density at radius 3 is 1.34 bits per heavy atom. The number of ether oxygens (including phenoxy) is 2. The molecule has 2 heterocycles. The van der Waals surface area contributed by atoms with Gasteiger partial charge < -0.3 is 18.3 Å². The van der Waals surface area contributed by atoms with Crippen molar-refractivity contribution in [2.75, 3.05) is 13.2 Å². The summed E-state index contributed by atoms with van der Waals surface area (Å²) in [6, 6.07) is 23.2. The number of furan rings is 2. The van der Waals surface area contributed by atoms with Crippen LogP contribution in [0.1, 0.15) is 25.0 Å². The van der Waals surface area contributed by atoms with Crippen LogP contribution in [-0.4, -0.2) is 13.2 Å². The van der Waals surface area contributed by atoms with E-state index in [-0.39, 0.29) is 23.0 Å². The van der Waals surface area contributed by atoms with Crippen LogP contribution >= 0.6 is 0 Å². The van der Waals surface area contributed by atoms with Gasteiger partial charge >= 0.3 is 11.9 Å². The predicted octanol–water partition coefficient (Wildman–Crippen LogP) is 6.41. The molecular weight excluding hydrogens is 404 g/mol. The fraction of sp³-hybridized carbons (Fsp3) is 0.154. The van der Waals surface area contributed by atoms with Crippen LogP contribution in [0.5, 0.6) is 11.9 Å². The summed E-state index contributed by atoms with van der Waals surface area (Å²) in [6.07, 6.45) is 0. The molecule has 0 aliphatic carbocycles. The summed E-state index contributed by atoms with van der Waals surface area (Å²) < 4.78 is 23.4. The minimum atomic E-state index is 0.107. The summed E-state index contributed by atoms with van der Waals surface area (Å²) >= 11 is 0. The first-order chi connectivity index (χ1) is 15.7. The third kappa shape index (κ3) is 3.59. The summed E-state index contributed by atoms with van der Waals surface area (Å²) in [4.78, 5) is 0. The van der Waals surface area contributed by atoms with E-state index in [1.54, 1.807) is 0 Å². The Bertz CT molecular complexity index is 1200. The molecule has 0 spiro atoms. The lowest BCUT2D eigenvalue weighted by molar-refractivity contribution is 0.249. The molecule has 0 amide bonds. The quantitative estimate of drug-likeness (QED) is 0.340. The molecule has 158 valence electrons. The van der Waals surface area contributed by atoms with E-state index in [4.69, 9.17) is 18.3 Å². The number of hydrogen-bond donors (Lipinski definition) is 0. The highest BCUT2D eigenvalue weighted by Crippen LogP contribution is 2.49. The zero-order valence-electron chi connectivity index (χ0n) is 17.7. The molecule has 0 unspecified atom stereocenters. The third-order valence-corrected chi connectivity index (χ3v) is 4.86. The van der Waals surface area contributed by atoms with Gasteiger partial charge in [-0.1, -0.05) is 60.7 Å². The van der Waals surface area contributed by atoms with Crippen molar-refractivity contribution < 1.29 is 18.3 Å². The molecule has 4 rings (SSSR count). The maximum absolute atomic E-state index is 9.93. The fourth-order valence-electron chi connectivity index (χ4n) is 3.57. The van der Waals surface area contributed by atoms with Gasteiger partial charge in [-0.15, -0.1) is 0 Å². The van der Waals surface area contributed by atoms with Crippen LogP contribution in [0.15, 0.2) is 69.5 Å². The summed E-state index contributed by atoms with van der Waals surface area (Å²) in [6.45, 7) is 4.28. The van der Waals surface area contributed by atoms with E-state index in [1.165, 1.54) is 0 Å². The van der Waals surface area contributed by atoms with E-state index in [2.05, 4.69) is 12.1 Å². The lowest BCUT2D eigenvalue weighted by Crippen LogP contribution is -1.91. The van der Waals surface area contributed by atoms with Crippen molar-refractivity contribution in [1.29, 1.82) is 10.5 Å². The Labute approximate surface area is 185 Å². The first-order valence-electron chi connectivity index (χ1n) is 10.2. The lowest BCUT2D eigenvalue weighted by atomic mass is 9.96. The van der Waals surface area contributed by atoms with Crippen LogP contribution in [-0.2, 0) is 0 Å². The SMILES string of the molecule is CCOc1oc(-c2oc(OCC)c(C#N)c2-c2ccccc2)c(-c2ccccc2)c1C#N. The number of nitriles is 2. The molecule has 2 aromatic heterocycles. The van der Waals surface area contributed by atoms with Gasteiger partial charge in [0.2, 0.25) is 0 Å². The highest BCUT2D eigenvalue weighted by molar-refractivity contribution is 5.92. The molecule has 0 saturated carbocycles. The molecule has 0 radical (unpaired) electrons. The van der Waals surface area contributed by atoms with Gasteiger partial charge in [0, 0.05) is 0 Å². The molecule has 0 bridgehead atoms. The standard InChI is InChI=1S/C26H20N2O4/c1-3-29-25-19(15-27)21(17-11-7-5-8-12-17)23(31-25)24-22(18-13-9-6-10-14-18)20(16-28)26(32-24)30-4-2/h5-14H,3-4H2,1-2H3. The normalized spacial score (nSPS) is 10.4. The molecule has 6 nitrogen and oxygen atoms in total. The summed E-state index contributed by atoms with van der Waals surface area (Å²) in [5.74, 6) is 0.821. The summed E-state index contributed by atoms with van der Waals surface area (Å²) in [5, 5.41) is 19.9. The minimum Gasteiger partial charge on any atom is -0.464 e. The van der Waals surface area contributed by atoms with Crippen molar-refractivity contribution in [2.24, 2.45) is 0 Å². The first-order valence-corrected chi connectivity index (χ1v) is 10.2. The van der Waals surface area contributed by atoms with E-state index in [0.29, 0.717) is 35.9 Å². The molecule has 0 fully saturated rings. The predicted molar refractivity (Wildman–Crippen MR) is 119 cm³/mol. The van der Waals surface area contributed by atoms with Crippen molar-refractivity contribution in [2.45, 2.75) is 13.8 Å². The van der Waals surface area contributed by atoms with E-state index in [9.17, 15) is 10.5 Å². The van der Waals surface area contributed by atoms with Gasteiger partial charge in [-0.05, 0) is 25.0 Å². The Balaban J connectivity index is 2.08. The van der Waals surface area contributed by atoms with Gasteiger partial charge in [0.25, 0.3) is 0 Å². The van der Waals surface area contributed by atoms with Crippen LogP contribution in [0, 0.1) is 22.7 Å². The van der Waals surface area contributed by atoms with Gasteiger partial charge in [0.05, 0.1) is 24.3 Å². The molecule has 2 aromatic carbocycles. The Kier molecular flexibility index (Phi) is 5.96. The van der Waals surface area contributed by atoms with Crippen molar-refractivity contribution >= 4 is 0 Å². The molecule has 0 aliphatic rings. The molecule has 0 saturated heterocycles. The Morgan fingerprint density at radius 2 is 1.03 bits per heavy atom. The summed E-state index contributed by atoms with van der Waals surface area (Å²) in [7, 11) is 0. The van der Waals surface area contributed by atoms with Gasteiger partial charge in [0.15, 0.2) is 11.5 Å². The smallest absolute Gasteiger partial charge is 0.304 e. The van der Waals surface area contributed by atoms with Gasteiger partial charge in [0.1, 0.15) is 23.3 Å². The van der Waals surface area contributed by atoms with Crippen LogP contribution in [0.2, 0.25) is 0 Å². The van der Waals surface area contributed by atoms with Crippen molar-refractivity contribution in [3.63, 3.8) is 0 Å². The molecule has 32 heavy (non-hydrogen) atoms. The molecule has 0 aliphatic heterocycles. The lowest BCUT2D eigenvalue weighted by Gasteiger charge is -2.04. The van der Waals surface area contributed by atoms with Crippen LogP contribution in [0.3, 0.4) is 0 Å². The molecular formula is C26H20N2O4. The van der Waals surface area contributed by atoms with E-state index >= 15 is 0 Å². The van der Waals surface area contributed by atoms with Crippen LogP contribution in [0.25, 0.3) is 33.8 Å². The van der Waals surface area contributed by atoms with Crippen molar-refractivity contribution in [3.8, 4) is 57.8 Å². The minimum absolute atomic E-state index is 0.107. The number of benzene rings is 2. The number of nitrogens with zero attached hydrogens (tertiary/aromatic N) is 2. The van der Waals surface area contributed by atoms with Crippen molar-refractivity contribution in [1.82, 2.24) is 0 Å². The monoisotopic (exact) mass is 424 g/mol. The maximum Gasteiger partial charge on any atom is 0.304 e. The second-order valence-electron chi connectivity index (χ2n) is 6.76. The highest BCUT2D eigenvalue weighted by atomic mass is 16.6. The largest absolute Gasteiger partial charge is 0.464 e. The van der Waals surface area contributed by atoms with Gasteiger partial charge in [-0.25, -0.2) is 0 Å². The maximum atomic E-state index is 9.93. The van der Waals surface area contributed by atoms with Crippen molar-refractivity contribution in [3.05, 3.63) is 71.8 Å². The number of hydrogen-bond acceptors (Lipinski definition) is 6. The second kappa shape index (κ2) is 9.16. The summed E-state index contributed by atoms with van der Waals surface area (Å²) in [5.41, 5.74) is 3.13. The van der Waals surface area contributed by atoms with Gasteiger partial charge in [-0.3, -0.25) is 0 Å². The highest BCUT2D eigenvalue weighted by Gasteiger charge is 2.32. The average Bonchev–Trinajstić information content (AvgIpc) is 3.38. The average molecular weight is 424 g/mol. The van der Waals surface area contributed by atoms with E-state index < -0.39 is 0 Å². The van der Waals surface area contributed by atoms with Crippen LogP contribution in [0.4, 0.5) is 0 Å². The number of rotatable bonds is 7. The van der Waals surface area contributed by atoms with E-state index in [1.807, 2.05) is 74.5 Å². The van der Waals surface area contributed by atoms with Gasteiger partial charge in [-0.2, -0.15) is 10.5 Å². The van der Waals surface area contributed by atoms with Crippen LogP contribution < -0.4 is 9.47 Å². The Morgan fingerprint density at radius 1 is 0.656 bits per heavy atom. The zero-order valence-corrected chi connectivity index (χ0v) is 17.7. The second-order valence-corrected chi connectivity index (χ2v) is 6.76. The molecule has 6 heteroatoms. The molecule has 0 atom stereocenters. The fourth-order valence-corrected chi connectivity index (χ4v) is 3.57. The third-order valence-electron chi connectivity index (χ3n) is 4.86. The molecule has 0 N–H and O–H groups in total. The molecule has 4 aromatic rings. The van der Waals surface area contributed by atoms with E-state index in [0.717, 1.165) is 11.1 Å². The Hall–Kier alpha value is -4.42. The first kappa shape index (κ1) is 20.8.